The normalized spacial score (nSPS) is 17.2. The van der Waals surface area contributed by atoms with Crippen LogP contribution in [0, 0.1) is 13.8 Å². The molecule has 1 unspecified atom stereocenters. The summed E-state index contributed by atoms with van der Waals surface area (Å²) >= 11 is 12.4. The van der Waals surface area contributed by atoms with Crippen LogP contribution in [0.4, 0.5) is 5.69 Å². The average Bonchev–Trinajstić information content (AvgIpc) is 3.10. The minimum Gasteiger partial charge on any atom is -0.507 e. The van der Waals surface area contributed by atoms with Crippen molar-refractivity contribution in [1.82, 2.24) is 0 Å². The standard InChI is InChI=1S/C28H25Cl2NO4/c1-4-13-35-23-12-8-19(14-17(23)3)26(32)24-25(18-7-11-21(29)22(30)15-18)31(28(34)27(24)33)20-9-5-16(2)6-10-20/h5-12,14-15,25,32H,4,13H2,1-3H3/b26-24-. The second-order valence-corrected chi connectivity index (χ2v) is 9.32. The summed E-state index contributed by atoms with van der Waals surface area (Å²) in [7, 11) is 0. The van der Waals surface area contributed by atoms with Gasteiger partial charge in [0.1, 0.15) is 11.5 Å². The Balaban J connectivity index is 1.89. The number of Topliss-reactive ketones (excluding diaryl/α,β-unsaturated/α-hetero) is 1. The highest BCUT2D eigenvalue weighted by Crippen LogP contribution is 2.43. The van der Waals surface area contributed by atoms with Gasteiger partial charge in [0.15, 0.2) is 0 Å². The third-order valence-electron chi connectivity index (χ3n) is 5.93. The van der Waals surface area contributed by atoms with Crippen LogP contribution in [0.5, 0.6) is 5.75 Å². The van der Waals surface area contributed by atoms with Crippen molar-refractivity contribution in [3.05, 3.63) is 98.5 Å². The first-order valence-electron chi connectivity index (χ1n) is 11.3. The number of aliphatic hydroxyl groups excluding tert-OH is 1. The van der Waals surface area contributed by atoms with Gasteiger partial charge in [-0.3, -0.25) is 14.5 Å². The van der Waals surface area contributed by atoms with E-state index in [1.165, 1.54) is 4.90 Å². The molecule has 1 aliphatic heterocycles. The van der Waals surface area contributed by atoms with Gasteiger partial charge >= 0.3 is 0 Å². The lowest BCUT2D eigenvalue weighted by Crippen LogP contribution is -2.29. The van der Waals surface area contributed by atoms with Crippen molar-refractivity contribution >= 4 is 46.3 Å². The van der Waals surface area contributed by atoms with Gasteiger partial charge in [0.25, 0.3) is 11.7 Å². The van der Waals surface area contributed by atoms with Gasteiger partial charge in [0.05, 0.1) is 28.3 Å². The molecular formula is C28H25Cl2NO4. The lowest BCUT2D eigenvalue weighted by atomic mass is 9.94. The van der Waals surface area contributed by atoms with Gasteiger partial charge in [-0.2, -0.15) is 0 Å². The summed E-state index contributed by atoms with van der Waals surface area (Å²) < 4.78 is 5.73. The molecule has 35 heavy (non-hydrogen) atoms. The van der Waals surface area contributed by atoms with Crippen molar-refractivity contribution in [2.45, 2.75) is 33.2 Å². The molecule has 0 aromatic heterocycles. The quantitative estimate of drug-likeness (QED) is 0.220. The molecule has 0 radical (unpaired) electrons. The van der Waals surface area contributed by atoms with E-state index in [1.54, 1.807) is 48.5 Å². The number of aryl methyl sites for hydroxylation is 2. The third-order valence-corrected chi connectivity index (χ3v) is 6.67. The Labute approximate surface area is 214 Å². The summed E-state index contributed by atoms with van der Waals surface area (Å²) in [5, 5.41) is 12.0. The molecular weight excluding hydrogens is 485 g/mol. The Morgan fingerprint density at radius 2 is 1.69 bits per heavy atom. The largest absolute Gasteiger partial charge is 0.507 e. The first-order chi connectivity index (χ1) is 16.7. The maximum atomic E-state index is 13.3. The van der Waals surface area contributed by atoms with Crippen molar-refractivity contribution in [2.75, 3.05) is 11.5 Å². The van der Waals surface area contributed by atoms with Crippen LogP contribution in [0.1, 0.15) is 41.6 Å². The Bertz CT molecular complexity index is 1330. The molecule has 1 heterocycles. The summed E-state index contributed by atoms with van der Waals surface area (Å²) in [5.41, 5.74) is 3.31. The molecule has 1 atom stereocenters. The fraction of sp³-hybridized carbons (Fsp3) is 0.214. The number of anilines is 1. The number of carbonyl (C=O) groups is 2. The fourth-order valence-corrected chi connectivity index (χ4v) is 4.43. The number of aliphatic hydroxyl groups is 1. The number of rotatable bonds is 6. The number of ether oxygens (including phenoxy) is 1. The Kier molecular flexibility index (Phi) is 7.20. The van der Waals surface area contributed by atoms with Crippen LogP contribution in [0.25, 0.3) is 5.76 Å². The van der Waals surface area contributed by atoms with E-state index in [9.17, 15) is 14.7 Å². The number of benzene rings is 3. The van der Waals surface area contributed by atoms with E-state index in [4.69, 9.17) is 27.9 Å². The van der Waals surface area contributed by atoms with Crippen molar-refractivity contribution in [3.8, 4) is 5.75 Å². The highest BCUT2D eigenvalue weighted by atomic mass is 35.5. The second-order valence-electron chi connectivity index (χ2n) is 8.51. The van der Waals surface area contributed by atoms with Crippen LogP contribution in [0.2, 0.25) is 10.0 Å². The van der Waals surface area contributed by atoms with Gasteiger partial charge in [-0.15, -0.1) is 0 Å². The second kappa shape index (κ2) is 10.1. The van der Waals surface area contributed by atoms with E-state index in [2.05, 4.69) is 0 Å². The number of hydrogen-bond acceptors (Lipinski definition) is 4. The number of nitrogens with zero attached hydrogens (tertiary/aromatic N) is 1. The smallest absolute Gasteiger partial charge is 0.300 e. The molecule has 180 valence electrons. The van der Waals surface area contributed by atoms with E-state index in [-0.39, 0.29) is 16.4 Å². The fourth-order valence-electron chi connectivity index (χ4n) is 4.13. The predicted octanol–water partition coefficient (Wildman–Crippen LogP) is 7.03. The molecule has 7 heteroatoms. The topological polar surface area (TPSA) is 66.8 Å². The zero-order valence-corrected chi connectivity index (χ0v) is 21.2. The van der Waals surface area contributed by atoms with E-state index in [0.717, 1.165) is 17.5 Å². The molecule has 5 nitrogen and oxygen atoms in total. The molecule has 3 aromatic rings. The van der Waals surface area contributed by atoms with Gasteiger partial charge in [-0.25, -0.2) is 0 Å². The first kappa shape index (κ1) is 24.8. The minimum absolute atomic E-state index is 0.0180. The number of amides is 1. The van der Waals surface area contributed by atoms with E-state index in [1.807, 2.05) is 32.9 Å². The molecule has 3 aromatic carbocycles. The monoisotopic (exact) mass is 509 g/mol. The zero-order chi connectivity index (χ0) is 25.3. The number of hydrogen-bond donors (Lipinski definition) is 1. The van der Waals surface area contributed by atoms with Gasteiger partial charge in [-0.1, -0.05) is 53.9 Å². The summed E-state index contributed by atoms with van der Waals surface area (Å²) in [5.74, 6) is -1.07. The van der Waals surface area contributed by atoms with Gasteiger partial charge in [0.2, 0.25) is 0 Å². The van der Waals surface area contributed by atoms with Crippen molar-refractivity contribution in [3.63, 3.8) is 0 Å². The van der Waals surface area contributed by atoms with Crippen LogP contribution < -0.4 is 9.64 Å². The molecule has 0 saturated carbocycles. The third kappa shape index (κ3) is 4.79. The maximum absolute atomic E-state index is 13.3. The van der Waals surface area contributed by atoms with E-state index in [0.29, 0.717) is 34.2 Å². The maximum Gasteiger partial charge on any atom is 0.300 e. The van der Waals surface area contributed by atoms with Crippen molar-refractivity contribution < 1.29 is 19.4 Å². The molecule has 0 bridgehead atoms. The van der Waals surface area contributed by atoms with Gasteiger partial charge < -0.3 is 9.84 Å². The number of ketones is 1. The van der Waals surface area contributed by atoms with Gasteiger partial charge in [0, 0.05) is 11.3 Å². The SMILES string of the molecule is CCCOc1ccc(/C(O)=C2/C(=O)C(=O)N(c3ccc(C)cc3)C2c2ccc(Cl)c(Cl)c2)cc1C. The summed E-state index contributed by atoms with van der Waals surface area (Å²) in [6, 6.07) is 16.5. The highest BCUT2D eigenvalue weighted by Gasteiger charge is 2.47. The highest BCUT2D eigenvalue weighted by molar-refractivity contribution is 6.51. The van der Waals surface area contributed by atoms with E-state index >= 15 is 0 Å². The van der Waals surface area contributed by atoms with Crippen LogP contribution in [-0.4, -0.2) is 23.4 Å². The van der Waals surface area contributed by atoms with Crippen LogP contribution in [-0.2, 0) is 9.59 Å². The van der Waals surface area contributed by atoms with Crippen LogP contribution >= 0.6 is 23.2 Å². The van der Waals surface area contributed by atoms with Crippen molar-refractivity contribution in [2.24, 2.45) is 0 Å². The summed E-state index contributed by atoms with van der Waals surface area (Å²) in [6.07, 6.45) is 0.868. The molecule has 0 aliphatic carbocycles. The van der Waals surface area contributed by atoms with E-state index < -0.39 is 17.7 Å². The molecule has 1 fully saturated rings. The Morgan fingerprint density at radius 1 is 0.971 bits per heavy atom. The molecule has 1 amide bonds. The summed E-state index contributed by atoms with van der Waals surface area (Å²) in [4.78, 5) is 28.0. The lowest BCUT2D eigenvalue weighted by Gasteiger charge is -2.26. The molecule has 0 spiro atoms. The van der Waals surface area contributed by atoms with Crippen LogP contribution in [0.3, 0.4) is 0 Å². The van der Waals surface area contributed by atoms with Crippen molar-refractivity contribution in [1.29, 1.82) is 0 Å². The Hall–Kier alpha value is -3.28. The number of carbonyl (C=O) groups excluding carboxylic acids is 2. The predicted molar refractivity (Wildman–Crippen MR) is 139 cm³/mol. The molecule has 4 rings (SSSR count). The molecule has 1 aliphatic rings. The van der Waals surface area contributed by atoms with Gasteiger partial charge in [-0.05, 0) is 73.9 Å². The lowest BCUT2D eigenvalue weighted by molar-refractivity contribution is -0.132. The Morgan fingerprint density at radius 3 is 2.31 bits per heavy atom. The number of halogens is 2. The zero-order valence-electron chi connectivity index (χ0n) is 19.6. The molecule has 1 saturated heterocycles. The average molecular weight is 510 g/mol. The molecule has 1 N–H and O–H groups in total. The minimum atomic E-state index is -0.885. The summed E-state index contributed by atoms with van der Waals surface area (Å²) in [6.45, 7) is 6.39. The first-order valence-corrected chi connectivity index (χ1v) is 12.0. The van der Waals surface area contributed by atoms with Crippen LogP contribution in [0.15, 0.2) is 66.2 Å².